The number of ether oxygens (including phenoxy) is 4. The lowest BCUT2D eigenvalue weighted by molar-refractivity contribution is -0.119. The normalized spacial score (nSPS) is 15.7. The van der Waals surface area contributed by atoms with Crippen LogP contribution in [0, 0.1) is 0 Å². The van der Waals surface area contributed by atoms with Gasteiger partial charge in [0.25, 0.3) is 5.91 Å². The van der Waals surface area contributed by atoms with Crippen molar-refractivity contribution >= 4 is 34.6 Å². The molecule has 2 aliphatic rings. The van der Waals surface area contributed by atoms with Crippen LogP contribution < -0.4 is 19.7 Å². The summed E-state index contributed by atoms with van der Waals surface area (Å²) in [5.41, 5.74) is 2.63. The highest BCUT2D eigenvalue weighted by atomic mass is 32.1. The van der Waals surface area contributed by atoms with E-state index in [0.29, 0.717) is 48.5 Å². The number of hydrogen-bond acceptors (Lipinski definition) is 8. The predicted octanol–water partition coefficient (Wildman–Crippen LogP) is 4.45. The number of benzene rings is 1. The number of carbonyl (C=O) groups excluding carboxylic acids is 2. The van der Waals surface area contributed by atoms with Crippen LogP contribution >= 0.6 is 11.3 Å². The van der Waals surface area contributed by atoms with Crippen LogP contribution in [0.3, 0.4) is 0 Å². The number of nitrogens with zero attached hydrogens (tertiary/aromatic N) is 1. The Hall–Kier alpha value is -2.78. The first-order valence-electron chi connectivity index (χ1n) is 12.4. The maximum atomic E-state index is 12.7. The number of nitrogens with one attached hydrogen (secondary N) is 1. The monoisotopic (exact) mass is 502 g/mol. The van der Waals surface area contributed by atoms with Gasteiger partial charge in [0.1, 0.15) is 16.4 Å². The van der Waals surface area contributed by atoms with E-state index in [-0.39, 0.29) is 6.61 Å². The molecule has 190 valence electrons. The van der Waals surface area contributed by atoms with E-state index in [1.807, 2.05) is 26.0 Å². The van der Waals surface area contributed by atoms with E-state index in [4.69, 9.17) is 18.9 Å². The molecule has 0 radical (unpaired) electrons. The second-order valence-corrected chi connectivity index (χ2v) is 9.66. The van der Waals surface area contributed by atoms with Gasteiger partial charge >= 0.3 is 5.97 Å². The Morgan fingerprint density at radius 3 is 2.51 bits per heavy atom. The molecule has 2 heterocycles. The zero-order valence-corrected chi connectivity index (χ0v) is 21.3. The second kappa shape index (κ2) is 12.3. The molecule has 4 rings (SSSR count). The highest BCUT2D eigenvalue weighted by Crippen LogP contribution is 2.39. The van der Waals surface area contributed by atoms with Crippen molar-refractivity contribution < 1.29 is 28.5 Å². The number of morpholine rings is 1. The molecule has 1 aliphatic heterocycles. The van der Waals surface area contributed by atoms with Crippen molar-refractivity contribution in [3.8, 4) is 11.5 Å². The Labute approximate surface area is 210 Å². The number of anilines is 2. The average molecular weight is 503 g/mol. The Balaban J connectivity index is 1.43. The smallest absolute Gasteiger partial charge is 0.348 e. The third-order valence-corrected chi connectivity index (χ3v) is 7.29. The summed E-state index contributed by atoms with van der Waals surface area (Å²) in [5.74, 6) is 0.310. The Morgan fingerprint density at radius 2 is 1.74 bits per heavy atom. The number of rotatable bonds is 9. The number of hydrogen-bond donors (Lipinski definition) is 1. The molecule has 35 heavy (non-hydrogen) atoms. The van der Waals surface area contributed by atoms with Gasteiger partial charge in [-0.15, -0.1) is 11.3 Å². The first-order chi connectivity index (χ1) is 17.1. The topological polar surface area (TPSA) is 86.3 Å². The zero-order valence-electron chi connectivity index (χ0n) is 20.5. The minimum absolute atomic E-state index is 0.373. The fourth-order valence-electron chi connectivity index (χ4n) is 4.40. The molecule has 2 aromatic rings. The van der Waals surface area contributed by atoms with Crippen molar-refractivity contribution in [1.29, 1.82) is 0 Å². The molecule has 8 nitrogen and oxygen atoms in total. The summed E-state index contributed by atoms with van der Waals surface area (Å²) in [7, 11) is 0. The average Bonchev–Trinajstić information content (AvgIpc) is 3.15. The quantitative estimate of drug-likeness (QED) is 0.401. The summed E-state index contributed by atoms with van der Waals surface area (Å²) in [6.45, 7) is 7.15. The first kappa shape index (κ1) is 25.3. The number of amides is 1. The maximum absolute atomic E-state index is 12.7. The van der Waals surface area contributed by atoms with Gasteiger partial charge in [-0.25, -0.2) is 4.79 Å². The highest BCUT2D eigenvalue weighted by Gasteiger charge is 2.22. The van der Waals surface area contributed by atoms with Crippen LogP contribution in [-0.4, -0.2) is 58.0 Å². The molecule has 0 spiro atoms. The molecule has 0 saturated carbocycles. The van der Waals surface area contributed by atoms with E-state index < -0.39 is 11.9 Å². The number of fused-ring (bicyclic) bond motifs is 1. The van der Waals surface area contributed by atoms with Crippen LogP contribution in [0.1, 0.15) is 53.2 Å². The summed E-state index contributed by atoms with van der Waals surface area (Å²) in [6, 6.07) is 5.59. The third kappa shape index (κ3) is 6.46. The van der Waals surface area contributed by atoms with E-state index in [2.05, 4.69) is 10.2 Å². The number of carbonyl (C=O) groups is 2. The van der Waals surface area contributed by atoms with E-state index in [9.17, 15) is 9.59 Å². The third-order valence-electron chi connectivity index (χ3n) is 6.07. The lowest BCUT2D eigenvalue weighted by atomic mass is 10.1. The molecule has 9 heteroatoms. The van der Waals surface area contributed by atoms with Crippen molar-refractivity contribution in [2.24, 2.45) is 0 Å². The van der Waals surface area contributed by atoms with Crippen molar-refractivity contribution in [2.75, 3.05) is 56.3 Å². The zero-order chi connectivity index (χ0) is 24.6. The SMILES string of the molecule is CCOc1cc(N2CCOCC2)c(OCC)cc1NC(=O)COC(=O)c1cc2c(s1)CCCCC2. The van der Waals surface area contributed by atoms with E-state index in [1.54, 1.807) is 6.07 Å². The fraction of sp³-hybridized carbons (Fsp3) is 0.538. The van der Waals surface area contributed by atoms with Crippen molar-refractivity contribution in [2.45, 2.75) is 46.0 Å². The van der Waals surface area contributed by atoms with Crippen LogP contribution in [0.25, 0.3) is 0 Å². The Kier molecular flexibility index (Phi) is 8.87. The first-order valence-corrected chi connectivity index (χ1v) is 13.3. The molecule has 0 bridgehead atoms. The van der Waals surface area contributed by atoms with Gasteiger partial charge in [-0.3, -0.25) is 4.79 Å². The van der Waals surface area contributed by atoms with Gasteiger partial charge in [0.15, 0.2) is 6.61 Å². The largest absolute Gasteiger partial charge is 0.492 e. The Morgan fingerprint density at radius 1 is 1.00 bits per heavy atom. The molecule has 0 unspecified atom stereocenters. The second-order valence-electron chi connectivity index (χ2n) is 8.53. The standard InChI is InChI=1S/C26H34N2O6S/c1-3-32-21-16-20(28-10-12-31-13-11-28)22(33-4-2)15-19(21)27-25(29)17-34-26(30)24-14-18-8-6-5-7-9-23(18)35-24/h14-16H,3-13,17H2,1-2H3,(H,27,29). The number of aryl methyl sites for hydroxylation is 2. The molecule has 1 aromatic heterocycles. The summed E-state index contributed by atoms with van der Waals surface area (Å²) in [4.78, 5) is 29.3. The van der Waals surface area contributed by atoms with E-state index >= 15 is 0 Å². The summed E-state index contributed by atoms with van der Waals surface area (Å²) in [5, 5.41) is 2.83. The molecular weight excluding hydrogens is 468 g/mol. The van der Waals surface area contributed by atoms with Gasteiger partial charge in [-0.1, -0.05) is 6.42 Å². The van der Waals surface area contributed by atoms with Crippen LogP contribution in [0.4, 0.5) is 11.4 Å². The molecular formula is C26H34N2O6S. The molecule has 1 saturated heterocycles. The van der Waals surface area contributed by atoms with Gasteiger partial charge in [-0.2, -0.15) is 0 Å². The van der Waals surface area contributed by atoms with E-state index in [0.717, 1.165) is 44.5 Å². The van der Waals surface area contributed by atoms with E-state index in [1.165, 1.54) is 28.2 Å². The molecule has 1 N–H and O–H groups in total. The molecule has 1 aliphatic carbocycles. The summed E-state index contributed by atoms with van der Waals surface area (Å²) >= 11 is 1.49. The van der Waals surface area contributed by atoms with Crippen LogP contribution in [-0.2, 0) is 27.1 Å². The lowest BCUT2D eigenvalue weighted by Gasteiger charge is -2.31. The van der Waals surface area contributed by atoms with Crippen molar-refractivity contribution in [3.63, 3.8) is 0 Å². The van der Waals surface area contributed by atoms with Crippen LogP contribution in [0.2, 0.25) is 0 Å². The number of thiophene rings is 1. The fourth-order valence-corrected chi connectivity index (χ4v) is 5.55. The number of esters is 1. The van der Waals surface area contributed by atoms with Gasteiger partial charge in [0.05, 0.1) is 37.8 Å². The van der Waals surface area contributed by atoms with Gasteiger partial charge in [0, 0.05) is 30.1 Å². The molecule has 0 atom stereocenters. The molecule has 1 fully saturated rings. The van der Waals surface area contributed by atoms with Gasteiger partial charge < -0.3 is 29.2 Å². The highest BCUT2D eigenvalue weighted by molar-refractivity contribution is 7.14. The van der Waals surface area contributed by atoms with Crippen molar-refractivity contribution in [1.82, 2.24) is 0 Å². The molecule has 1 aromatic carbocycles. The maximum Gasteiger partial charge on any atom is 0.348 e. The van der Waals surface area contributed by atoms with Crippen molar-refractivity contribution in [3.05, 3.63) is 33.5 Å². The van der Waals surface area contributed by atoms with Crippen LogP contribution in [0.5, 0.6) is 11.5 Å². The van der Waals surface area contributed by atoms with Gasteiger partial charge in [0.2, 0.25) is 0 Å². The minimum Gasteiger partial charge on any atom is -0.492 e. The van der Waals surface area contributed by atoms with Gasteiger partial charge in [-0.05, 0) is 51.2 Å². The predicted molar refractivity (Wildman–Crippen MR) is 136 cm³/mol. The summed E-state index contributed by atoms with van der Waals surface area (Å²) in [6.07, 6.45) is 5.54. The molecule has 1 amide bonds. The Bertz CT molecular complexity index is 1010. The minimum atomic E-state index is -0.457. The van der Waals surface area contributed by atoms with Crippen LogP contribution in [0.15, 0.2) is 18.2 Å². The lowest BCUT2D eigenvalue weighted by Crippen LogP contribution is -2.36. The summed E-state index contributed by atoms with van der Waals surface area (Å²) < 4.78 is 22.5.